The van der Waals surface area contributed by atoms with Crippen LogP contribution in [0.25, 0.3) is 0 Å². The second kappa shape index (κ2) is 6.83. The summed E-state index contributed by atoms with van der Waals surface area (Å²) in [5.74, 6) is -0.0206. The molecule has 0 spiro atoms. The lowest BCUT2D eigenvalue weighted by Crippen LogP contribution is -2.36. The van der Waals surface area contributed by atoms with Crippen LogP contribution in [0.3, 0.4) is 0 Å². The molecule has 2 nitrogen and oxygen atoms in total. The van der Waals surface area contributed by atoms with E-state index in [0.29, 0.717) is 16.1 Å². The van der Waals surface area contributed by atoms with Gasteiger partial charge in [-0.3, -0.25) is 4.90 Å². The van der Waals surface area contributed by atoms with Crippen molar-refractivity contribution >= 4 is 23.2 Å². The molecule has 19 heavy (non-hydrogen) atoms. The molecule has 1 fully saturated rings. The molecule has 0 atom stereocenters. The minimum Gasteiger partial charge on any atom is -0.505 e. The van der Waals surface area contributed by atoms with Crippen LogP contribution in [-0.2, 0) is 6.54 Å². The summed E-state index contributed by atoms with van der Waals surface area (Å²) in [6.07, 6.45) is 6.60. The zero-order valence-corrected chi connectivity index (χ0v) is 12.8. The SMILES string of the molecule is CCN(Cc1cc(Cl)c(O)c(Cl)c1)C1CCCCC1. The summed E-state index contributed by atoms with van der Waals surface area (Å²) >= 11 is 12.0. The fraction of sp³-hybridized carbons (Fsp3) is 0.600. The van der Waals surface area contributed by atoms with Gasteiger partial charge in [0.1, 0.15) is 0 Å². The summed E-state index contributed by atoms with van der Waals surface area (Å²) in [5.41, 5.74) is 1.07. The largest absolute Gasteiger partial charge is 0.505 e. The van der Waals surface area contributed by atoms with Crippen LogP contribution < -0.4 is 0 Å². The van der Waals surface area contributed by atoms with Crippen LogP contribution in [0.1, 0.15) is 44.6 Å². The molecule has 0 aliphatic heterocycles. The Balaban J connectivity index is 2.09. The predicted molar refractivity (Wildman–Crippen MR) is 81.1 cm³/mol. The molecule has 1 aliphatic carbocycles. The molecule has 1 aliphatic rings. The van der Waals surface area contributed by atoms with Gasteiger partial charge in [-0.1, -0.05) is 49.4 Å². The zero-order chi connectivity index (χ0) is 13.8. The van der Waals surface area contributed by atoms with E-state index in [4.69, 9.17) is 23.2 Å². The number of benzene rings is 1. The highest BCUT2D eigenvalue weighted by Gasteiger charge is 2.20. The Morgan fingerprint density at radius 2 is 1.74 bits per heavy atom. The first-order valence-electron chi connectivity index (χ1n) is 7.02. The van der Waals surface area contributed by atoms with Gasteiger partial charge >= 0.3 is 0 Å². The third kappa shape index (κ3) is 3.77. The molecule has 0 bridgehead atoms. The number of halogens is 2. The molecule has 106 valence electrons. The third-order valence-electron chi connectivity index (χ3n) is 3.96. The molecule has 1 aromatic rings. The van der Waals surface area contributed by atoms with Crippen LogP contribution in [0.2, 0.25) is 10.0 Å². The van der Waals surface area contributed by atoms with Gasteiger partial charge in [0.05, 0.1) is 10.0 Å². The maximum Gasteiger partial charge on any atom is 0.152 e. The van der Waals surface area contributed by atoms with Crippen molar-refractivity contribution in [2.75, 3.05) is 6.54 Å². The van der Waals surface area contributed by atoms with Crippen LogP contribution in [0.15, 0.2) is 12.1 Å². The van der Waals surface area contributed by atoms with Crippen molar-refractivity contribution in [1.82, 2.24) is 4.90 Å². The van der Waals surface area contributed by atoms with Gasteiger partial charge in [0, 0.05) is 12.6 Å². The molecule has 0 amide bonds. The van der Waals surface area contributed by atoms with Gasteiger partial charge in [-0.25, -0.2) is 0 Å². The van der Waals surface area contributed by atoms with E-state index in [1.54, 1.807) is 0 Å². The maximum absolute atomic E-state index is 9.59. The number of aromatic hydroxyl groups is 1. The van der Waals surface area contributed by atoms with Gasteiger partial charge in [-0.2, -0.15) is 0 Å². The molecule has 1 aromatic carbocycles. The smallest absolute Gasteiger partial charge is 0.152 e. The van der Waals surface area contributed by atoms with Crippen molar-refractivity contribution in [2.45, 2.75) is 51.6 Å². The molecule has 0 unspecified atom stereocenters. The predicted octanol–water partition coefficient (Wildman–Crippen LogP) is 4.85. The molecule has 0 heterocycles. The average Bonchev–Trinajstić information content (AvgIpc) is 2.43. The first-order chi connectivity index (χ1) is 9.11. The normalized spacial score (nSPS) is 17.1. The summed E-state index contributed by atoms with van der Waals surface area (Å²) in [6, 6.07) is 4.30. The van der Waals surface area contributed by atoms with E-state index in [2.05, 4.69) is 11.8 Å². The lowest BCUT2D eigenvalue weighted by atomic mass is 9.94. The first kappa shape index (κ1) is 15.0. The van der Waals surface area contributed by atoms with E-state index in [-0.39, 0.29) is 5.75 Å². The fourth-order valence-electron chi connectivity index (χ4n) is 2.89. The summed E-state index contributed by atoms with van der Waals surface area (Å²) in [6.45, 7) is 4.07. The number of phenols is 1. The lowest BCUT2D eigenvalue weighted by molar-refractivity contribution is 0.156. The highest BCUT2D eigenvalue weighted by Crippen LogP contribution is 2.33. The van der Waals surface area contributed by atoms with E-state index >= 15 is 0 Å². The van der Waals surface area contributed by atoms with Crippen molar-refractivity contribution in [2.24, 2.45) is 0 Å². The highest BCUT2D eigenvalue weighted by atomic mass is 35.5. The Kier molecular flexibility index (Phi) is 5.37. The highest BCUT2D eigenvalue weighted by molar-refractivity contribution is 6.37. The lowest BCUT2D eigenvalue weighted by Gasteiger charge is -2.33. The Labute approximate surface area is 125 Å². The molecule has 2 rings (SSSR count). The standard InChI is InChI=1S/C15H21Cl2NO/c1-2-18(12-6-4-3-5-7-12)10-11-8-13(16)15(19)14(17)9-11/h8-9,12,19H,2-7,10H2,1H3. The minimum absolute atomic E-state index is 0.0206. The van der Waals surface area contributed by atoms with E-state index in [0.717, 1.165) is 18.7 Å². The van der Waals surface area contributed by atoms with E-state index < -0.39 is 0 Å². The topological polar surface area (TPSA) is 23.5 Å². The Morgan fingerprint density at radius 3 is 2.26 bits per heavy atom. The van der Waals surface area contributed by atoms with Crippen molar-refractivity contribution < 1.29 is 5.11 Å². The molecule has 0 saturated heterocycles. The number of phenolic OH excluding ortho intramolecular Hbond substituents is 1. The van der Waals surface area contributed by atoms with Gasteiger partial charge in [0.2, 0.25) is 0 Å². The van der Waals surface area contributed by atoms with Gasteiger partial charge in [0.15, 0.2) is 5.75 Å². The number of nitrogens with zero attached hydrogens (tertiary/aromatic N) is 1. The molecule has 4 heteroatoms. The quantitative estimate of drug-likeness (QED) is 0.859. The number of hydrogen-bond acceptors (Lipinski definition) is 2. The van der Waals surface area contributed by atoms with Crippen molar-refractivity contribution in [1.29, 1.82) is 0 Å². The Morgan fingerprint density at radius 1 is 1.16 bits per heavy atom. The summed E-state index contributed by atoms with van der Waals surface area (Å²) in [5, 5.41) is 10.3. The van der Waals surface area contributed by atoms with Crippen LogP contribution in [0, 0.1) is 0 Å². The zero-order valence-electron chi connectivity index (χ0n) is 11.3. The van der Waals surface area contributed by atoms with Crippen molar-refractivity contribution in [3.63, 3.8) is 0 Å². The van der Waals surface area contributed by atoms with Gasteiger partial charge in [0.25, 0.3) is 0 Å². The number of hydrogen-bond donors (Lipinski definition) is 1. The van der Waals surface area contributed by atoms with E-state index in [9.17, 15) is 5.11 Å². The Hall–Kier alpha value is -0.440. The van der Waals surface area contributed by atoms with Gasteiger partial charge in [-0.05, 0) is 37.1 Å². The van der Waals surface area contributed by atoms with Crippen LogP contribution in [-0.4, -0.2) is 22.6 Å². The molecular weight excluding hydrogens is 281 g/mol. The van der Waals surface area contributed by atoms with Crippen molar-refractivity contribution in [3.8, 4) is 5.75 Å². The van der Waals surface area contributed by atoms with Crippen LogP contribution >= 0.6 is 23.2 Å². The maximum atomic E-state index is 9.59. The second-order valence-corrected chi connectivity index (χ2v) is 6.08. The number of rotatable bonds is 4. The molecule has 0 radical (unpaired) electrons. The summed E-state index contributed by atoms with van der Waals surface area (Å²) in [4.78, 5) is 2.48. The monoisotopic (exact) mass is 301 g/mol. The van der Waals surface area contributed by atoms with Crippen molar-refractivity contribution in [3.05, 3.63) is 27.7 Å². The fourth-order valence-corrected chi connectivity index (χ4v) is 3.42. The summed E-state index contributed by atoms with van der Waals surface area (Å²) < 4.78 is 0. The van der Waals surface area contributed by atoms with E-state index in [1.165, 1.54) is 32.1 Å². The first-order valence-corrected chi connectivity index (χ1v) is 7.78. The third-order valence-corrected chi connectivity index (χ3v) is 4.54. The summed E-state index contributed by atoms with van der Waals surface area (Å²) in [7, 11) is 0. The molecular formula is C15H21Cl2NO. The van der Waals surface area contributed by atoms with Crippen LogP contribution in [0.5, 0.6) is 5.75 Å². The van der Waals surface area contributed by atoms with Crippen LogP contribution in [0.4, 0.5) is 0 Å². The van der Waals surface area contributed by atoms with Gasteiger partial charge < -0.3 is 5.11 Å². The van der Waals surface area contributed by atoms with E-state index in [1.807, 2.05) is 12.1 Å². The second-order valence-electron chi connectivity index (χ2n) is 5.26. The Bertz CT molecular complexity index is 407. The molecule has 0 aromatic heterocycles. The average molecular weight is 302 g/mol. The molecule has 1 saturated carbocycles. The van der Waals surface area contributed by atoms with Gasteiger partial charge in [-0.15, -0.1) is 0 Å². The molecule has 1 N–H and O–H groups in total. The minimum atomic E-state index is -0.0206.